The van der Waals surface area contributed by atoms with E-state index in [9.17, 15) is 25.2 Å². The number of esters is 1. The SMILES string of the molecule is CCC(=O)OC(OC1O[C@H](CO)[C@@H](O)[C@H](O)[C@H]1O)C(O)CO. The summed E-state index contributed by atoms with van der Waals surface area (Å²) in [5, 5.41) is 56.6. The van der Waals surface area contributed by atoms with Gasteiger partial charge in [0.25, 0.3) is 0 Å². The molecule has 1 rings (SSSR count). The first-order chi connectivity index (χ1) is 10.3. The fraction of sp³-hybridized carbons (Fsp3) is 0.917. The minimum atomic E-state index is -1.72. The van der Waals surface area contributed by atoms with E-state index in [1.165, 1.54) is 6.92 Å². The van der Waals surface area contributed by atoms with Crippen LogP contribution < -0.4 is 0 Å². The molecule has 0 aromatic carbocycles. The van der Waals surface area contributed by atoms with Crippen molar-refractivity contribution in [3.63, 3.8) is 0 Å². The lowest BCUT2D eigenvalue weighted by atomic mass is 9.99. The van der Waals surface area contributed by atoms with Crippen LogP contribution in [0.15, 0.2) is 0 Å². The molecule has 0 aromatic rings. The Morgan fingerprint density at radius 3 is 2.32 bits per heavy atom. The average Bonchev–Trinajstić information content (AvgIpc) is 2.53. The summed E-state index contributed by atoms with van der Waals surface area (Å²) in [5.41, 5.74) is 0. The van der Waals surface area contributed by atoms with E-state index in [-0.39, 0.29) is 6.42 Å². The molecule has 0 saturated carbocycles. The van der Waals surface area contributed by atoms with E-state index in [0.717, 1.165) is 0 Å². The maximum atomic E-state index is 11.3. The van der Waals surface area contributed by atoms with Gasteiger partial charge >= 0.3 is 5.97 Å². The molecule has 130 valence electrons. The van der Waals surface area contributed by atoms with Gasteiger partial charge in [-0.3, -0.25) is 4.79 Å². The van der Waals surface area contributed by atoms with Gasteiger partial charge in [-0.1, -0.05) is 6.92 Å². The topological polar surface area (TPSA) is 166 Å². The molecule has 0 aliphatic carbocycles. The van der Waals surface area contributed by atoms with Gasteiger partial charge in [0.15, 0.2) is 6.29 Å². The minimum absolute atomic E-state index is 0.0211. The zero-order chi connectivity index (χ0) is 16.9. The highest BCUT2D eigenvalue weighted by molar-refractivity contribution is 5.69. The first-order valence-electron chi connectivity index (χ1n) is 6.80. The second-order valence-corrected chi connectivity index (χ2v) is 4.80. The van der Waals surface area contributed by atoms with Crippen molar-refractivity contribution < 1.29 is 49.6 Å². The van der Waals surface area contributed by atoms with Crippen LogP contribution in [0.2, 0.25) is 0 Å². The third kappa shape index (κ3) is 4.57. The molecule has 10 heteroatoms. The molecule has 0 radical (unpaired) electrons. The Labute approximate surface area is 126 Å². The van der Waals surface area contributed by atoms with Gasteiger partial charge in [-0.05, 0) is 0 Å². The summed E-state index contributed by atoms with van der Waals surface area (Å²) in [4.78, 5) is 11.3. The van der Waals surface area contributed by atoms with Crippen molar-refractivity contribution in [2.24, 2.45) is 0 Å². The Balaban J connectivity index is 2.79. The lowest BCUT2D eigenvalue weighted by molar-refractivity contribution is -0.343. The highest BCUT2D eigenvalue weighted by Gasteiger charge is 2.45. The summed E-state index contributed by atoms with van der Waals surface area (Å²) in [6.45, 7) is 0.0461. The van der Waals surface area contributed by atoms with Crippen LogP contribution in [0.1, 0.15) is 13.3 Å². The predicted octanol–water partition coefficient (Wildman–Crippen LogP) is -3.56. The van der Waals surface area contributed by atoms with E-state index in [1.807, 2.05) is 0 Å². The summed E-state index contributed by atoms with van der Waals surface area (Å²) in [5.74, 6) is -0.734. The number of ether oxygens (including phenoxy) is 3. The molecule has 0 aromatic heterocycles. The number of carbonyl (C=O) groups is 1. The Bertz CT molecular complexity index is 349. The highest BCUT2D eigenvalue weighted by atomic mass is 16.8. The third-order valence-electron chi connectivity index (χ3n) is 3.15. The van der Waals surface area contributed by atoms with E-state index < -0.39 is 62.3 Å². The van der Waals surface area contributed by atoms with Crippen LogP contribution in [-0.4, -0.2) is 92.9 Å². The van der Waals surface area contributed by atoms with Crippen LogP contribution in [0, 0.1) is 0 Å². The molecule has 10 nitrogen and oxygen atoms in total. The second-order valence-electron chi connectivity index (χ2n) is 4.80. The fourth-order valence-corrected chi connectivity index (χ4v) is 1.81. The monoisotopic (exact) mass is 326 g/mol. The van der Waals surface area contributed by atoms with Crippen LogP contribution in [0.5, 0.6) is 0 Å². The Hall–Kier alpha value is -0.850. The molecule has 0 bridgehead atoms. The number of aliphatic hydroxyl groups excluding tert-OH is 6. The van der Waals surface area contributed by atoms with Gasteiger partial charge in [0.2, 0.25) is 6.29 Å². The standard InChI is InChI=1S/C12H22O10/c1-2-7(16)21-11(5(15)3-13)22-12-10(19)9(18)8(17)6(4-14)20-12/h5-6,8-15,17-19H,2-4H2,1H3/t5?,6-,8-,9+,10-,11?,12?/m1/s1. The molecule has 22 heavy (non-hydrogen) atoms. The molecular weight excluding hydrogens is 304 g/mol. The molecule has 6 N–H and O–H groups in total. The summed E-state index contributed by atoms with van der Waals surface area (Å²) < 4.78 is 14.9. The number of hydrogen-bond donors (Lipinski definition) is 6. The number of hydrogen-bond acceptors (Lipinski definition) is 10. The fourth-order valence-electron chi connectivity index (χ4n) is 1.81. The quantitative estimate of drug-likeness (QED) is 0.203. The zero-order valence-electron chi connectivity index (χ0n) is 12.0. The molecule has 1 heterocycles. The van der Waals surface area contributed by atoms with Crippen molar-refractivity contribution in [1.82, 2.24) is 0 Å². The van der Waals surface area contributed by atoms with Gasteiger partial charge < -0.3 is 44.8 Å². The largest absolute Gasteiger partial charge is 0.433 e. The number of aliphatic hydroxyl groups is 6. The first-order valence-corrected chi connectivity index (χ1v) is 6.80. The first kappa shape index (κ1) is 19.2. The Morgan fingerprint density at radius 2 is 1.82 bits per heavy atom. The number of rotatable bonds is 7. The van der Waals surface area contributed by atoms with Gasteiger partial charge in [-0.25, -0.2) is 0 Å². The van der Waals surface area contributed by atoms with Gasteiger partial charge in [0.1, 0.15) is 30.5 Å². The van der Waals surface area contributed by atoms with E-state index >= 15 is 0 Å². The molecule has 1 fully saturated rings. The lowest BCUT2D eigenvalue weighted by Gasteiger charge is -2.40. The molecule has 3 unspecified atom stereocenters. The Morgan fingerprint density at radius 1 is 1.18 bits per heavy atom. The van der Waals surface area contributed by atoms with Crippen molar-refractivity contribution in [2.75, 3.05) is 13.2 Å². The predicted molar refractivity (Wildman–Crippen MR) is 68.1 cm³/mol. The molecule has 0 amide bonds. The average molecular weight is 326 g/mol. The second kappa shape index (κ2) is 8.70. The van der Waals surface area contributed by atoms with Crippen LogP contribution in [0.4, 0.5) is 0 Å². The van der Waals surface area contributed by atoms with Gasteiger partial charge in [-0.15, -0.1) is 0 Å². The molecule has 7 atom stereocenters. The molecule has 0 spiro atoms. The van der Waals surface area contributed by atoms with Gasteiger partial charge in [0.05, 0.1) is 13.2 Å². The molecule has 1 aliphatic rings. The van der Waals surface area contributed by atoms with Crippen LogP contribution >= 0.6 is 0 Å². The van der Waals surface area contributed by atoms with Crippen molar-refractivity contribution >= 4 is 5.97 Å². The summed E-state index contributed by atoms with van der Waals surface area (Å²) in [6, 6.07) is 0. The third-order valence-corrected chi connectivity index (χ3v) is 3.15. The molecule has 1 saturated heterocycles. The number of carbonyl (C=O) groups excluding carboxylic acids is 1. The van der Waals surface area contributed by atoms with Crippen LogP contribution in [0.25, 0.3) is 0 Å². The molecule has 1 aliphatic heterocycles. The van der Waals surface area contributed by atoms with E-state index in [2.05, 4.69) is 0 Å². The normalized spacial score (nSPS) is 35.0. The van der Waals surface area contributed by atoms with E-state index in [4.69, 9.17) is 24.4 Å². The zero-order valence-corrected chi connectivity index (χ0v) is 12.0. The smallest absolute Gasteiger partial charge is 0.307 e. The summed E-state index contributed by atoms with van der Waals surface area (Å²) in [6.07, 6.45) is -11.0. The van der Waals surface area contributed by atoms with E-state index in [0.29, 0.717) is 0 Å². The van der Waals surface area contributed by atoms with Crippen molar-refractivity contribution in [3.8, 4) is 0 Å². The van der Waals surface area contributed by atoms with Gasteiger partial charge in [-0.2, -0.15) is 0 Å². The minimum Gasteiger partial charge on any atom is -0.433 e. The Kier molecular flexibility index (Phi) is 7.59. The summed E-state index contributed by atoms with van der Waals surface area (Å²) in [7, 11) is 0. The molecular formula is C12H22O10. The maximum Gasteiger partial charge on any atom is 0.307 e. The van der Waals surface area contributed by atoms with Crippen molar-refractivity contribution in [3.05, 3.63) is 0 Å². The van der Waals surface area contributed by atoms with Crippen LogP contribution in [0.3, 0.4) is 0 Å². The van der Waals surface area contributed by atoms with Crippen LogP contribution in [-0.2, 0) is 19.0 Å². The highest BCUT2D eigenvalue weighted by Crippen LogP contribution is 2.23. The maximum absolute atomic E-state index is 11.3. The lowest BCUT2D eigenvalue weighted by Crippen LogP contribution is -2.60. The van der Waals surface area contributed by atoms with Crippen molar-refractivity contribution in [1.29, 1.82) is 0 Å². The van der Waals surface area contributed by atoms with Gasteiger partial charge in [0, 0.05) is 6.42 Å². The van der Waals surface area contributed by atoms with Crippen molar-refractivity contribution in [2.45, 2.75) is 56.4 Å². The summed E-state index contributed by atoms with van der Waals surface area (Å²) >= 11 is 0. The van der Waals surface area contributed by atoms with E-state index in [1.54, 1.807) is 0 Å².